The lowest BCUT2D eigenvalue weighted by atomic mass is 10.1. The molecule has 4 aromatic rings. The molecule has 12 nitrogen and oxygen atoms in total. The van der Waals surface area contributed by atoms with Gasteiger partial charge in [0.15, 0.2) is 12.4 Å². The fraction of sp³-hybridized carbons (Fsp3) is 0.238. The Kier molecular flexibility index (Phi) is 6.00. The zero-order valence-electron chi connectivity index (χ0n) is 17.8. The smallest absolute Gasteiger partial charge is 0.340 e. The van der Waals surface area contributed by atoms with Crippen LogP contribution in [0.5, 0.6) is 0 Å². The number of ether oxygens (including phenoxy) is 2. The summed E-state index contributed by atoms with van der Waals surface area (Å²) < 4.78 is 13.4. The van der Waals surface area contributed by atoms with Crippen LogP contribution < -0.4 is 10.9 Å². The van der Waals surface area contributed by atoms with Gasteiger partial charge in [0.25, 0.3) is 11.2 Å². The van der Waals surface area contributed by atoms with E-state index in [1.807, 2.05) is 0 Å². The van der Waals surface area contributed by atoms with Crippen molar-refractivity contribution in [2.24, 2.45) is 7.05 Å². The Morgan fingerprint density at radius 3 is 2.76 bits per heavy atom. The predicted molar refractivity (Wildman–Crippen MR) is 118 cm³/mol. The first kappa shape index (κ1) is 21.9. The van der Waals surface area contributed by atoms with Crippen molar-refractivity contribution < 1.29 is 19.2 Å². The summed E-state index contributed by atoms with van der Waals surface area (Å²) in [5.74, 6) is -0.184. The van der Waals surface area contributed by atoms with Crippen LogP contribution in [0.3, 0.4) is 0 Å². The van der Waals surface area contributed by atoms with Gasteiger partial charge in [-0.1, -0.05) is 12.1 Å². The Bertz CT molecular complexity index is 1430. The number of non-ortho nitro benzene ring substituents is 1. The number of hydrogen-bond acceptors (Lipinski definition) is 9. The molecular weight excluding hydrogens is 432 g/mol. The number of nitrogens with zero attached hydrogens (tertiary/aromatic N) is 5. The van der Waals surface area contributed by atoms with E-state index in [0.717, 1.165) is 6.07 Å². The van der Waals surface area contributed by atoms with E-state index in [1.54, 1.807) is 35.7 Å². The average molecular weight is 452 g/mol. The Hall–Kier alpha value is -4.32. The Labute approximate surface area is 186 Å². The number of nitro groups is 1. The molecule has 0 atom stereocenters. The van der Waals surface area contributed by atoms with Gasteiger partial charge in [0, 0.05) is 38.5 Å². The Balaban J connectivity index is 1.66. The van der Waals surface area contributed by atoms with Crippen LogP contribution in [0, 0.1) is 10.1 Å². The van der Waals surface area contributed by atoms with Crippen LogP contribution in [-0.4, -0.2) is 50.3 Å². The summed E-state index contributed by atoms with van der Waals surface area (Å²) in [6.45, 7) is 0.509. The molecule has 0 aliphatic rings. The molecule has 0 unspecified atom stereocenters. The van der Waals surface area contributed by atoms with Gasteiger partial charge in [-0.2, -0.15) is 0 Å². The van der Waals surface area contributed by atoms with Crippen molar-refractivity contribution >= 4 is 34.0 Å². The van der Waals surface area contributed by atoms with E-state index < -0.39 is 10.9 Å². The van der Waals surface area contributed by atoms with E-state index in [9.17, 15) is 19.7 Å². The fourth-order valence-electron chi connectivity index (χ4n) is 3.45. The second-order valence-electron chi connectivity index (χ2n) is 7.12. The highest BCUT2D eigenvalue weighted by molar-refractivity contribution is 5.96. The predicted octanol–water partition coefficient (Wildman–Crippen LogP) is 1.90. The number of methoxy groups -OCH3 is 1. The van der Waals surface area contributed by atoms with Gasteiger partial charge in [0.05, 0.1) is 28.0 Å². The van der Waals surface area contributed by atoms with Gasteiger partial charge in [0.1, 0.15) is 0 Å². The number of hydrogen-bond donors (Lipinski definition) is 1. The number of fused-ring (bicyclic) bond motifs is 3. The number of carbonyl (C=O) groups excluding carboxylic acids is 1. The summed E-state index contributed by atoms with van der Waals surface area (Å²) in [7, 11) is 3.12. The maximum absolute atomic E-state index is 12.9. The molecule has 2 heterocycles. The lowest BCUT2D eigenvalue weighted by molar-refractivity contribution is -0.384. The highest BCUT2D eigenvalue weighted by Crippen LogP contribution is 2.23. The molecule has 2 aromatic carbocycles. The normalized spacial score (nSPS) is 11.1. The van der Waals surface area contributed by atoms with Crippen molar-refractivity contribution in [1.82, 2.24) is 19.2 Å². The highest BCUT2D eigenvalue weighted by Gasteiger charge is 2.20. The number of nitro benzene ring substituents is 1. The summed E-state index contributed by atoms with van der Waals surface area (Å²) in [6.07, 6.45) is 0. The molecule has 12 heteroatoms. The van der Waals surface area contributed by atoms with Crippen molar-refractivity contribution in [3.63, 3.8) is 0 Å². The topological polar surface area (TPSA) is 143 Å². The van der Waals surface area contributed by atoms with Gasteiger partial charge in [0.2, 0.25) is 5.78 Å². The minimum absolute atomic E-state index is 0.00591. The first-order chi connectivity index (χ1) is 15.9. The van der Waals surface area contributed by atoms with Crippen molar-refractivity contribution in [2.45, 2.75) is 6.61 Å². The fourth-order valence-corrected chi connectivity index (χ4v) is 3.45. The number of carbonyl (C=O) groups is 1. The zero-order valence-corrected chi connectivity index (χ0v) is 17.8. The number of aryl methyl sites for hydroxylation is 1. The quantitative estimate of drug-likeness (QED) is 0.183. The number of para-hydroxylation sites is 1. The lowest BCUT2D eigenvalue weighted by Crippen LogP contribution is -2.20. The van der Waals surface area contributed by atoms with Crippen molar-refractivity contribution in [3.05, 3.63) is 74.3 Å². The van der Waals surface area contributed by atoms with Gasteiger partial charge in [-0.15, -0.1) is 10.2 Å². The van der Waals surface area contributed by atoms with Crippen LogP contribution in [0.25, 0.3) is 16.7 Å². The maximum atomic E-state index is 12.9. The Morgan fingerprint density at radius 1 is 1.21 bits per heavy atom. The van der Waals surface area contributed by atoms with Gasteiger partial charge < -0.3 is 14.8 Å². The highest BCUT2D eigenvalue weighted by atomic mass is 16.6. The molecule has 33 heavy (non-hydrogen) atoms. The van der Waals surface area contributed by atoms with E-state index >= 15 is 0 Å². The molecule has 4 rings (SSSR count). The van der Waals surface area contributed by atoms with Crippen LogP contribution in [-0.2, 0) is 23.1 Å². The molecule has 0 amide bonds. The first-order valence-electron chi connectivity index (χ1n) is 9.92. The third-order valence-electron chi connectivity index (χ3n) is 5.08. The number of anilines is 1. The summed E-state index contributed by atoms with van der Waals surface area (Å²) in [4.78, 5) is 36.0. The monoisotopic (exact) mass is 452 g/mol. The van der Waals surface area contributed by atoms with E-state index in [2.05, 4.69) is 15.5 Å². The van der Waals surface area contributed by atoms with Crippen molar-refractivity contribution in [2.75, 3.05) is 25.6 Å². The minimum Gasteiger partial charge on any atom is -0.454 e. The lowest BCUT2D eigenvalue weighted by Gasteiger charge is -2.12. The van der Waals surface area contributed by atoms with Crippen LogP contribution in [0.1, 0.15) is 16.2 Å². The van der Waals surface area contributed by atoms with Crippen molar-refractivity contribution in [1.29, 1.82) is 0 Å². The molecule has 1 N–H and O–H groups in total. The molecule has 0 aliphatic carbocycles. The molecular formula is C21H20N6O6. The average Bonchev–Trinajstić information content (AvgIpc) is 3.25. The molecule has 0 fully saturated rings. The summed E-state index contributed by atoms with van der Waals surface area (Å²) in [6, 6.07) is 10.9. The largest absolute Gasteiger partial charge is 0.454 e. The summed E-state index contributed by atoms with van der Waals surface area (Å²) in [5, 5.41) is 22.8. The van der Waals surface area contributed by atoms with Crippen LogP contribution in [0.4, 0.5) is 11.4 Å². The van der Waals surface area contributed by atoms with E-state index in [-0.39, 0.29) is 23.4 Å². The van der Waals surface area contributed by atoms with E-state index in [1.165, 1.54) is 23.8 Å². The molecule has 0 radical (unpaired) electrons. The second-order valence-corrected chi connectivity index (χ2v) is 7.12. The van der Waals surface area contributed by atoms with E-state index in [4.69, 9.17) is 9.47 Å². The van der Waals surface area contributed by atoms with Gasteiger partial charge >= 0.3 is 5.97 Å². The van der Waals surface area contributed by atoms with Gasteiger partial charge in [-0.3, -0.25) is 23.9 Å². The SMILES string of the molecule is COCCNc1ccc([N+](=O)[O-])cc1C(=O)OCc1nnc2n(C)c(=O)c3ccccc3n12. The molecule has 170 valence electrons. The summed E-state index contributed by atoms with van der Waals surface area (Å²) in [5.41, 5.74) is 0.488. The molecule has 0 aliphatic heterocycles. The van der Waals surface area contributed by atoms with Crippen LogP contribution >= 0.6 is 0 Å². The number of benzene rings is 2. The number of nitrogens with one attached hydrogen (secondary N) is 1. The number of rotatable bonds is 8. The van der Waals surface area contributed by atoms with Crippen LogP contribution in [0.2, 0.25) is 0 Å². The molecule has 0 saturated heterocycles. The summed E-state index contributed by atoms with van der Waals surface area (Å²) >= 11 is 0. The Morgan fingerprint density at radius 2 is 2.00 bits per heavy atom. The third-order valence-corrected chi connectivity index (χ3v) is 5.08. The first-order valence-corrected chi connectivity index (χ1v) is 9.92. The number of esters is 1. The second kappa shape index (κ2) is 9.04. The standard InChI is InChI=1S/C21H20N6O6/c1-25-19(28)14-5-3-4-6-17(14)26-18(23-24-21(25)26)12-33-20(29)15-11-13(27(30)31)7-8-16(15)22-9-10-32-2/h3-8,11,22H,9-10,12H2,1-2H3. The number of aromatic nitrogens is 4. The van der Waals surface area contributed by atoms with Gasteiger partial charge in [-0.05, 0) is 18.2 Å². The zero-order chi connectivity index (χ0) is 23.5. The van der Waals surface area contributed by atoms with Gasteiger partial charge in [-0.25, -0.2) is 4.79 Å². The molecule has 0 bridgehead atoms. The van der Waals surface area contributed by atoms with Crippen LogP contribution in [0.15, 0.2) is 47.3 Å². The maximum Gasteiger partial charge on any atom is 0.340 e. The van der Waals surface area contributed by atoms with E-state index in [0.29, 0.717) is 41.3 Å². The molecule has 0 saturated carbocycles. The molecule has 0 spiro atoms. The van der Waals surface area contributed by atoms with Crippen molar-refractivity contribution in [3.8, 4) is 0 Å². The third kappa shape index (κ3) is 4.11. The molecule has 2 aromatic heterocycles. The minimum atomic E-state index is -0.774.